The van der Waals surface area contributed by atoms with Gasteiger partial charge < -0.3 is 15.5 Å². The summed E-state index contributed by atoms with van der Waals surface area (Å²) in [6.07, 6.45) is 4.50. The van der Waals surface area contributed by atoms with Gasteiger partial charge in [0.05, 0.1) is 0 Å². The van der Waals surface area contributed by atoms with E-state index in [2.05, 4.69) is 15.5 Å². The second kappa shape index (κ2) is 7.65. The van der Waals surface area contributed by atoms with E-state index < -0.39 is 0 Å². The van der Waals surface area contributed by atoms with Crippen LogP contribution in [0.4, 0.5) is 0 Å². The minimum Gasteiger partial charge on any atom is -0.359 e. The largest absolute Gasteiger partial charge is 0.359 e. The van der Waals surface area contributed by atoms with E-state index >= 15 is 0 Å². The number of carbonyl (C=O) groups is 1. The molecule has 0 bridgehead atoms. The third-order valence-electron chi connectivity index (χ3n) is 2.83. The van der Waals surface area contributed by atoms with Crippen molar-refractivity contribution in [1.29, 1.82) is 0 Å². The van der Waals surface area contributed by atoms with Crippen LogP contribution in [0.3, 0.4) is 0 Å². The molecule has 1 fully saturated rings. The van der Waals surface area contributed by atoms with Gasteiger partial charge in [0.15, 0.2) is 0 Å². The van der Waals surface area contributed by atoms with Crippen molar-refractivity contribution in [3.63, 3.8) is 0 Å². The van der Waals surface area contributed by atoms with Crippen LogP contribution in [-0.4, -0.2) is 50.6 Å². The van der Waals surface area contributed by atoms with Crippen molar-refractivity contribution < 1.29 is 4.79 Å². The van der Waals surface area contributed by atoms with Crippen molar-refractivity contribution in [3.8, 4) is 0 Å². The number of hydrogen-bond acceptors (Lipinski definition) is 3. The van der Waals surface area contributed by atoms with E-state index in [1.807, 2.05) is 0 Å². The molecule has 0 aromatic heterocycles. The lowest BCUT2D eigenvalue weighted by atomic mass is 10.3. The van der Waals surface area contributed by atoms with Gasteiger partial charge in [-0.3, -0.25) is 4.79 Å². The fourth-order valence-electron chi connectivity index (χ4n) is 1.89. The molecular formula is C11H23N3O. The molecule has 4 nitrogen and oxygen atoms in total. The quantitative estimate of drug-likeness (QED) is 0.594. The van der Waals surface area contributed by atoms with Crippen LogP contribution in [-0.2, 0) is 4.79 Å². The Kier molecular flexibility index (Phi) is 6.36. The second-order valence-corrected chi connectivity index (χ2v) is 4.08. The summed E-state index contributed by atoms with van der Waals surface area (Å²) in [5.74, 6) is 0.113. The summed E-state index contributed by atoms with van der Waals surface area (Å²) >= 11 is 0. The minimum absolute atomic E-state index is 0.113. The molecule has 0 aliphatic carbocycles. The topological polar surface area (TPSA) is 44.4 Å². The Morgan fingerprint density at radius 3 is 2.67 bits per heavy atom. The van der Waals surface area contributed by atoms with Crippen LogP contribution in [0.25, 0.3) is 0 Å². The van der Waals surface area contributed by atoms with Gasteiger partial charge in [0.1, 0.15) is 0 Å². The first-order chi connectivity index (χ1) is 7.33. The van der Waals surface area contributed by atoms with Crippen molar-refractivity contribution in [3.05, 3.63) is 0 Å². The molecule has 1 heterocycles. The number of nitrogens with one attached hydrogen (secondary N) is 2. The summed E-state index contributed by atoms with van der Waals surface area (Å²) in [5, 5.41) is 5.90. The highest BCUT2D eigenvalue weighted by Crippen LogP contribution is 2.06. The van der Waals surface area contributed by atoms with Gasteiger partial charge in [0, 0.05) is 20.0 Å². The first-order valence-electron chi connectivity index (χ1n) is 5.96. The fraction of sp³-hybridized carbons (Fsp3) is 0.909. The molecule has 1 rings (SSSR count). The number of hydrogen-bond donors (Lipinski definition) is 2. The van der Waals surface area contributed by atoms with E-state index in [0.717, 1.165) is 13.1 Å². The highest BCUT2D eigenvalue weighted by atomic mass is 16.1. The number of rotatable bonds is 7. The Morgan fingerprint density at radius 2 is 2.00 bits per heavy atom. The lowest BCUT2D eigenvalue weighted by Gasteiger charge is -2.14. The van der Waals surface area contributed by atoms with E-state index in [4.69, 9.17) is 0 Å². The van der Waals surface area contributed by atoms with Gasteiger partial charge in [0.2, 0.25) is 5.91 Å². The number of nitrogens with zero attached hydrogens (tertiary/aromatic N) is 1. The molecule has 0 unspecified atom stereocenters. The standard InChI is InChI=1S/C11H23N3O/c1-12-11(15)5-7-13-6-4-10-14-8-2-3-9-14/h13H,2-10H2,1H3,(H,12,15). The van der Waals surface area contributed by atoms with E-state index in [1.165, 1.54) is 38.9 Å². The summed E-state index contributed by atoms with van der Waals surface area (Å²) in [6.45, 7) is 5.57. The highest BCUT2D eigenvalue weighted by Gasteiger charge is 2.09. The SMILES string of the molecule is CNC(=O)CCNCCCN1CCCC1. The molecule has 15 heavy (non-hydrogen) atoms. The molecule has 1 aliphatic heterocycles. The fourth-order valence-corrected chi connectivity index (χ4v) is 1.89. The van der Waals surface area contributed by atoms with Crippen LogP contribution >= 0.6 is 0 Å². The predicted molar refractivity (Wildman–Crippen MR) is 61.8 cm³/mol. The maximum atomic E-state index is 10.9. The summed E-state index contributed by atoms with van der Waals surface area (Å²) < 4.78 is 0. The number of likely N-dealkylation sites (tertiary alicyclic amines) is 1. The minimum atomic E-state index is 0.113. The monoisotopic (exact) mass is 213 g/mol. The molecule has 1 amide bonds. The molecule has 0 atom stereocenters. The Labute approximate surface area is 92.4 Å². The summed E-state index contributed by atoms with van der Waals surface area (Å²) in [5.41, 5.74) is 0. The molecule has 2 N–H and O–H groups in total. The predicted octanol–water partition coefficient (Wildman–Crippen LogP) is 0.198. The van der Waals surface area contributed by atoms with E-state index in [9.17, 15) is 4.79 Å². The molecule has 1 saturated heterocycles. The zero-order valence-electron chi connectivity index (χ0n) is 9.72. The van der Waals surface area contributed by atoms with Crippen molar-refractivity contribution >= 4 is 5.91 Å². The summed E-state index contributed by atoms with van der Waals surface area (Å²) in [7, 11) is 1.68. The Morgan fingerprint density at radius 1 is 1.27 bits per heavy atom. The summed E-state index contributed by atoms with van der Waals surface area (Å²) in [6, 6.07) is 0. The van der Waals surface area contributed by atoms with Crippen molar-refractivity contribution in [2.24, 2.45) is 0 Å². The molecule has 1 aliphatic rings. The van der Waals surface area contributed by atoms with E-state index in [-0.39, 0.29) is 5.91 Å². The maximum absolute atomic E-state index is 10.9. The first kappa shape index (κ1) is 12.5. The van der Waals surface area contributed by atoms with Gasteiger partial charge in [-0.05, 0) is 45.4 Å². The van der Waals surface area contributed by atoms with Crippen LogP contribution in [0.15, 0.2) is 0 Å². The maximum Gasteiger partial charge on any atom is 0.221 e. The van der Waals surface area contributed by atoms with Crippen molar-refractivity contribution in [2.45, 2.75) is 25.7 Å². The van der Waals surface area contributed by atoms with Crippen LogP contribution in [0.2, 0.25) is 0 Å². The van der Waals surface area contributed by atoms with Crippen molar-refractivity contribution in [2.75, 3.05) is 39.8 Å². The van der Waals surface area contributed by atoms with Crippen LogP contribution in [0, 0.1) is 0 Å². The van der Waals surface area contributed by atoms with Crippen LogP contribution in [0.5, 0.6) is 0 Å². The van der Waals surface area contributed by atoms with Gasteiger partial charge in [-0.1, -0.05) is 0 Å². The normalized spacial score (nSPS) is 16.9. The average Bonchev–Trinajstić information content (AvgIpc) is 2.75. The highest BCUT2D eigenvalue weighted by molar-refractivity contribution is 5.75. The zero-order valence-corrected chi connectivity index (χ0v) is 9.72. The Balaban J connectivity index is 1.82. The molecule has 0 spiro atoms. The van der Waals surface area contributed by atoms with Gasteiger partial charge in [0.25, 0.3) is 0 Å². The molecule has 4 heteroatoms. The number of carbonyl (C=O) groups excluding carboxylic acids is 1. The Bertz CT molecular complexity index is 179. The lowest BCUT2D eigenvalue weighted by Crippen LogP contribution is -2.28. The molecule has 0 radical (unpaired) electrons. The second-order valence-electron chi connectivity index (χ2n) is 4.08. The van der Waals surface area contributed by atoms with Gasteiger partial charge >= 0.3 is 0 Å². The smallest absolute Gasteiger partial charge is 0.221 e. The molecular weight excluding hydrogens is 190 g/mol. The van der Waals surface area contributed by atoms with E-state index in [1.54, 1.807) is 7.05 Å². The lowest BCUT2D eigenvalue weighted by molar-refractivity contribution is -0.120. The van der Waals surface area contributed by atoms with E-state index in [0.29, 0.717) is 6.42 Å². The third-order valence-corrected chi connectivity index (χ3v) is 2.83. The summed E-state index contributed by atoms with van der Waals surface area (Å²) in [4.78, 5) is 13.4. The number of amides is 1. The van der Waals surface area contributed by atoms with Gasteiger partial charge in [-0.25, -0.2) is 0 Å². The molecule has 0 aromatic rings. The average molecular weight is 213 g/mol. The van der Waals surface area contributed by atoms with Crippen LogP contribution in [0.1, 0.15) is 25.7 Å². The first-order valence-corrected chi connectivity index (χ1v) is 5.96. The Hall–Kier alpha value is -0.610. The van der Waals surface area contributed by atoms with Crippen LogP contribution < -0.4 is 10.6 Å². The molecule has 0 saturated carbocycles. The third kappa shape index (κ3) is 5.74. The van der Waals surface area contributed by atoms with Gasteiger partial charge in [-0.2, -0.15) is 0 Å². The van der Waals surface area contributed by atoms with Gasteiger partial charge in [-0.15, -0.1) is 0 Å². The van der Waals surface area contributed by atoms with Crippen molar-refractivity contribution in [1.82, 2.24) is 15.5 Å². The molecule has 88 valence electrons. The zero-order chi connectivity index (χ0) is 10.9. The molecule has 0 aromatic carbocycles.